The van der Waals surface area contributed by atoms with Crippen molar-refractivity contribution in [2.24, 2.45) is 5.92 Å². The lowest BCUT2D eigenvalue weighted by Crippen LogP contribution is -2.53. The number of ether oxygens (including phenoxy) is 1. The van der Waals surface area contributed by atoms with E-state index in [4.69, 9.17) is 4.74 Å². The number of imidazole rings is 1. The van der Waals surface area contributed by atoms with Gasteiger partial charge in [0.05, 0.1) is 19.1 Å². The van der Waals surface area contributed by atoms with E-state index < -0.39 is 35.7 Å². The molecule has 2 N–H and O–H groups in total. The number of nitrogens with one attached hydrogen (secondary N) is 2. The molecule has 1 aromatic carbocycles. The summed E-state index contributed by atoms with van der Waals surface area (Å²) in [6.45, 7) is 3.79. The molecule has 0 aliphatic carbocycles. The van der Waals surface area contributed by atoms with Gasteiger partial charge in [-0.25, -0.2) is 23.4 Å². The monoisotopic (exact) mass is 392 g/mol. The number of amides is 2. The van der Waals surface area contributed by atoms with Gasteiger partial charge in [0.15, 0.2) is 11.6 Å². The molecule has 7 nitrogen and oxygen atoms in total. The standard InChI is InChI=1S/C19H22F2N4O3/c1-10(2)15(18(26)28-3)24-19(27)25-8-7-13-16(23-9-22-13)17(25)11-5-4-6-12(20)14(11)21/h4-6,9-10,15,17H,7-8H2,1-3H3,(H,22,23)(H,24,27)/t15-,17+/m0/s1. The highest BCUT2D eigenvalue weighted by molar-refractivity contribution is 5.84. The van der Waals surface area contributed by atoms with Crippen LogP contribution in [0, 0.1) is 17.6 Å². The van der Waals surface area contributed by atoms with Crippen LogP contribution in [-0.2, 0) is 16.0 Å². The molecular formula is C19H22F2N4O3. The molecule has 9 heteroatoms. The third-order valence-corrected chi connectivity index (χ3v) is 4.86. The summed E-state index contributed by atoms with van der Waals surface area (Å²) in [6.07, 6.45) is 1.93. The van der Waals surface area contributed by atoms with Crippen LogP contribution in [0.25, 0.3) is 0 Å². The summed E-state index contributed by atoms with van der Waals surface area (Å²) in [6, 6.07) is 1.46. The van der Waals surface area contributed by atoms with Crippen LogP contribution in [0.2, 0.25) is 0 Å². The molecule has 2 atom stereocenters. The molecule has 2 heterocycles. The molecule has 28 heavy (non-hydrogen) atoms. The van der Waals surface area contributed by atoms with Crippen molar-refractivity contribution in [2.45, 2.75) is 32.4 Å². The molecule has 1 aromatic heterocycles. The fourth-order valence-corrected chi connectivity index (χ4v) is 3.38. The number of fused-ring (bicyclic) bond motifs is 1. The normalized spacial score (nSPS) is 17.2. The Labute approximate surface area is 161 Å². The van der Waals surface area contributed by atoms with Gasteiger partial charge in [0.2, 0.25) is 0 Å². The van der Waals surface area contributed by atoms with Crippen LogP contribution in [0.4, 0.5) is 13.6 Å². The summed E-state index contributed by atoms with van der Waals surface area (Å²) in [5, 5.41) is 2.65. The molecule has 150 valence electrons. The fraction of sp³-hybridized carbons (Fsp3) is 0.421. The van der Waals surface area contributed by atoms with E-state index in [0.717, 1.165) is 11.8 Å². The number of aromatic nitrogens is 2. The van der Waals surface area contributed by atoms with Crippen molar-refractivity contribution in [1.82, 2.24) is 20.2 Å². The Bertz CT molecular complexity index is 884. The summed E-state index contributed by atoms with van der Waals surface area (Å²) in [5.74, 6) is -2.83. The third-order valence-electron chi connectivity index (χ3n) is 4.86. The first-order chi connectivity index (χ1) is 13.3. The van der Waals surface area contributed by atoms with E-state index in [0.29, 0.717) is 12.1 Å². The topological polar surface area (TPSA) is 87.3 Å². The van der Waals surface area contributed by atoms with Crippen molar-refractivity contribution in [1.29, 1.82) is 0 Å². The number of hydrogen-bond donors (Lipinski definition) is 2. The van der Waals surface area contributed by atoms with Crippen molar-refractivity contribution >= 4 is 12.0 Å². The Balaban J connectivity index is 1.98. The first kappa shape index (κ1) is 19.8. The maximum Gasteiger partial charge on any atom is 0.328 e. The Kier molecular flexibility index (Phi) is 5.62. The Hall–Kier alpha value is -2.97. The number of esters is 1. The van der Waals surface area contributed by atoms with Gasteiger partial charge in [-0.15, -0.1) is 0 Å². The summed E-state index contributed by atoms with van der Waals surface area (Å²) in [5.41, 5.74) is 1.21. The molecule has 2 aromatic rings. The number of H-pyrrole nitrogens is 1. The number of carbonyl (C=O) groups is 2. The van der Waals surface area contributed by atoms with Crippen molar-refractivity contribution in [2.75, 3.05) is 13.7 Å². The van der Waals surface area contributed by atoms with Gasteiger partial charge < -0.3 is 19.9 Å². The number of hydrogen-bond acceptors (Lipinski definition) is 4. The van der Waals surface area contributed by atoms with Crippen LogP contribution in [0.15, 0.2) is 24.5 Å². The Morgan fingerprint density at radius 2 is 2.11 bits per heavy atom. The molecule has 1 aliphatic rings. The zero-order valence-electron chi connectivity index (χ0n) is 15.8. The Morgan fingerprint density at radius 1 is 1.36 bits per heavy atom. The Morgan fingerprint density at radius 3 is 2.79 bits per heavy atom. The molecule has 3 rings (SSSR count). The van der Waals surface area contributed by atoms with E-state index in [1.807, 2.05) is 0 Å². The molecule has 0 saturated heterocycles. The highest BCUT2D eigenvalue weighted by Gasteiger charge is 2.38. The quantitative estimate of drug-likeness (QED) is 0.783. The number of methoxy groups -OCH3 is 1. The van der Waals surface area contributed by atoms with Crippen molar-refractivity contribution < 1.29 is 23.1 Å². The van der Waals surface area contributed by atoms with Crippen molar-refractivity contribution in [3.8, 4) is 0 Å². The summed E-state index contributed by atoms with van der Waals surface area (Å²) in [7, 11) is 1.24. The molecule has 0 unspecified atom stereocenters. The molecule has 1 aliphatic heterocycles. The second-order valence-corrected chi connectivity index (χ2v) is 6.95. The molecule has 0 spiro atoms. The summed E-state index contributed by atoms with van der Waals surface area (Å²) >= 11 is 0. The first-order valence-corrected chi connectivity index (χ1v) is 8.96. The van der Waals surface area contributed by atoms with Gasteiger partial charge in [-0.3, -0.25) is 0 Å². The summed E-state index contributed by atoms with van der Waals surface area (Å²) in [4.78, 5) is 33.6. The van der Waals surface area contributed by atoms with Crippen molar-refractivity contribution in [3.63, 3.8) is 0 Å². The zero-order valence-corrected chi connectivity index (χ0v) is 15.8. The highest BCUT2D eigenvalue weighted by Crippen LogP contribution is 2.35. The number of nitrogens with zero attached hydrogens (tertiary/aromatic N) is 2. The number of carbonyl (C=O) groups excluding carboxylic acids is 2. The van der Waals surface area contributed by atoms with Crippen LogP contribution < -0.4 is 5.32 Å². The number of rotatable bonds is 4. The molecule has 0 bridgehead atoms. The lowest BCUT2D eigenvalue weighted by atomic mass is 9.95. The van der Waals surface area contributed by atoms with Gasteiger partial charge in [-0.05, 0) is 12.0 Å². The highest BCUT2D eigenvalue weighted by atomic mass is 19.2. The van der Waals surface area contributed by atoms with E-state index in [1.165, 1.54) is 30.5 Å². The minimum Gasteiger partial charge on any atom is -0.467 e. The molecule has 0 fully saturated rings. The van der Waals surface area contributed by atoms with Crippen LogP contribution in [0.1, 0.15) is 36.8 Å². The predicted molar refractivity (Wildman–Crippen MR) is 96.4 cm³/mol. The second-order valence-electron chi connectivity index (χ2n) is 6.95. The number of urea groups is 1. The first-order valence-electron chi connectivity index (χ1n) is 8.96. The molecule has 0 saturated carbocycles. The van der Waals surface area contributed by atoms with Crippen LogP contribution in [0.5, 0.6) is 0 Å². The SMILES string of the molecule is COC(=O)[C@@H](NC(=O)N1CCc2[nH]cnc2[C@H]1c1cccc(F)c1F)C(C)C. The molecule has 0 radical (unpaired) electrons. The van der Waals surface area contributed by atoms with Crippen LogP contribution >= 0.6 is 0 Å². The van der Waals surface area contributed by atoms with Gasteiger partial charge in [0.1, 0.15) is 12.1 Å². The van der Waals surface area contributed by atoms with E-state index in [1.54, 1.807) is 13.8 Å². The maximum atomic E-state index is 14.6. The third kappa shape index (κ3) is 3.56. The van der Waals surface area contributed by atoms with E-state index in [9.17, 15) is 18.4 Å². The smallest absolute Gasteiger partial charge is 0.328 e. The molecule has 2 amide bonds. The van der Waals surface area contributed by atoms with Crippen LogP contribution in [0.3, 0.4) is 0 Å². The number of benzene rings is 1. The second kappa shape index (κ2) is 7.95. The lowest BCUT2D eigenvalue weighted by molar-refractivity contribution is -0.144. The van der Waals surface area contributed by atoms with Gasteiger partial charge in [-0.1, -0.05) is 26.0 Å². The number of halogens is 2. The van der Waals surface area contributed by atoms with Crippen LogP contribution in [-0.4, -0.2) is 46.6 Å². The average molecular weight is 392 g/mol. The molecular weight excluding hydrogens is 370 g/mol. The fourth-order valence-electron chi connectivity index (χ4n) is 3.38. The summed E-state index contributed by atoms with van der Waals surface area (Å²) < 4.78 is 33.2. The van der Waals surface area contributed by atoms with E-state index >= 15 is 0 Å². The largest absolute Gasteiger partial charge is 0.467 e. The van der Waals surface area contributed by atoms with E-state index in [2.05, 4.69) is 15.3 Å². The van der Waals surface area contributed by atoms with Crippen molar-refractivity contribution in [3.05, 3.63) is 53.1 Å². The van der Waals surface area contributed by atoms with Gasteiger partial charge in [0, 0.05) is 24.2 Å². The predicted octanol–water partition coefficient (Wildman–Crippen LogP) is 2.54. The average Bonchev–Trinajstić information content (AvgIpc) is 3.15. The maximum absolute atomic E-state index is 14.6. The number of aromatic amines is 1. The van der Waals surface area contributed by atoms with Gasteiger partial charge >= 0.3 is 12.0 Å². The van der Waals surface area contributed by atoms with Gasteiger partial charge in [-0.2, -0.15) is 0 Å². The lowest BCUT2D eigenvalue weighted by Gasteiger charge is -2.36. The zero-order chi connectivity index (χ0) is 20.4. The minimum atomic E-state index is -1.03. The van der Waals surface area contributed by atoms with Gasteiger partial charge in [0.25, 0.3) is 0 Å². The van der Waals surface area contributed by atoms with E-state index in [-0.39, 0.29) is 18.0 Å². The minimum absolute atomic E-state index is 0.00219.